The molecule has 0 spiro atoms. The number of hydrogen-bond donors (Lipinski definition) is 2. The minimum absolute atomic E-state index is 0.603. The molecule has 0 heterocycles. The topological polar surface area (TPSA) is 32.3 Å². The molecule has 0 unspecified atom stereocenters. The van der Waals surface area contributed by atoms with Crippen molar-refractivity contribution in [3.05, 3.63) is 34.9 Å². The van der Waals surface area contributed by atoms with Crippen LogP contribution in [0.15, 0.2) is 24.3 Å². The molecule has 0 amide bonds. The fourth-order valence-corrected chi connectivity index (χ4v) is 1.33. The monoisotopic (exact) mass is 227 g/mol. The second-order valence-corrected chi connectivity index (χ2v) is 4.52. The second-order valence-electron chi connectivity index (χ2n) is 4.08. The molecule has 0 aromatic heterocycles. The second kappa shape index (κ2) is 5.50. The van der Waals surface area contributed by atoms with Gasteiger partial charge in [-0.1, -0.05) is 30.7 Å². The maximum absolute atomic E-state index is 9.76. The fraction of sp³-hybridized carbons (Fsp3) is 0.500. The van der Waals surface area contributed by atoms with Gasteiger partial charge in [0.05, 0.1) is 5.60 Å². The first-order valence-electron chi connectivity index (χ1n) is 5.21. The molecular weight excluding hydrogens is 210 g/mol. The Morgan fingerprint density at radius 3 is 2.47 bits per heavy atom. The van der Waals surface area contributed by atoms with E-state index in [4.69, 9.17) is 11.6 Å². The minimum atomic E-state index is -0.619. The molecule has 15 heavy (non-hydrogen) atoms. The summed E-state index contributed by atoms with van der Waals surface area (Å²) in [5.74, 6) is 0. The number of aliphatic hydroxyl groups is 1. The van der Waals surface area contributed by atoms with E-state index in [1.165, 1.54) is 5.56 Å². The van der Waals surface area contributed by atoms with E-state index in [1.807, 2.05) is 38.1 Å². The Bertz CT molecular complexity index is 295. The predicted octanol–water partition coefficient (Wildman–Crippen LogP) is 2.59. The highest BCUT2D eigenvalue weighted by Crippen LogP contribution is 2.10. The quantitative estimate of drug-likeness (QED) is 0.811. The van der Waals surface area contributed by atoms with Gasteiger partial charge in [-0.25, -0.2) is 0 Å². The number of nitrogens with one attached hydrogen (secondary N) is 1. The van der Waals surface area contributed by atoms with Gasteiger partial charge in [0.1, 0.15) is 0 Å². The van der Waals surface area contributed by atoms with E-state index in [0.29, 0.717) is 6.54 Å². The van der Waals surface area contributed by atoms with Crippen LogP contribution in [0.25, 0.3) is 0 Å². The molecule has 0 aliphatic carbocycles. The van der Waals surface area contributed by atoms with Crippen molar-refractivity contribution in [1.82, 2.24) is 5.32 Å². The SMILES string of the molecule is CC[C@@](C)(O)CNCc1ccc(Cl)cc1. The summed E-state index contributed by atoms with van der Waals surface area (Å²) in [5, 5.41) is 13.7. The van der Waals surface area contributed by atoms with Gasteiger partial charge < -0.3 is 10.4 Å². The van der Waals surface area contributed by atoms with Crippen LogP contribution in [0.3, 0.4) is 0 Å². The summed E-state index contributed by atoms with van der Waals surface area (Å²) < 4.78 is 0. The lowest BCUT2D eigenvalue weighted by molar-refractivity contribution is 0.0555. The van der Waals surface area contributed by atoms with E-state index in [1.54, 1.807) is 0 Å². The van der Waals surface area contributed by atoms with Crippen molar-refractivity contribution in [3.8, 4) is 0 Å². The van der Waals surface area contributed by atoms with E-state index in [2.05, 4.69) is 5.32 Å². The summed E-state index contributed by atoms with van der Waals surface area (Å²) in [5.41, 5.74) is 0.554. The zero-order valence-corrected chi connectivity index (χ0v) is 10.0. The first-order valence-corrected chi connectivity index (χ1v) is 5.59. The fourth-order valence-electron chi connectivity index (χ4n) is 1.20. The van der Waals surface area contributed by atoms with Crippen LogP contribution in [0.2, 0.25) is 5.02 Å². The van der Waals surface area contributed by atoms with Gasteiger partial charge in [-0.05, 0) is 31.0 Å². The van der Waals surface area contributed by atoms with Crippen LogP contribution in [-0.2, 0) is 6.54 Å². The zero-order valence-electron chi connectivity index (χ0n) is 9.26. The van der Waals surface area contributed by atoms with Crippen molar-refractivity contribution < 1.29 is 5.11 Å². The van der Waals surface area contributed by atoms with Gasteiger partial charge in [0.25, 0.3) is 0 Å². The molecule has 0 aliphatic rings. The predicted molar refractivity (Wildman–Crippen MR) is 64.1 cm³/mol. The van der Waals surface area contributed by atoms with Crippen LogP contribution in [0.1, 0.15) is 25.8 Å². The summed E-state index contributed by atoms with van der Waals surface area (Å²) in [7, 11) is 0. The highest BCUT2D eigenvalue weighted by molar-refractivity contribution is 6.30. The molecular formula is C12H18ClNO. The molecule has 0 aliphatic heterocycles. The molecule has 0 fully saturated rings. The lowest BCUT2D eigenvalue weighted by Gasteiger charge is -2.21. The molecule has 0 saturated heterocycles. The lowest BCUT2D eigenvalue weighted by Crippen LogP contribution is -2.36. The number of benzene rings is 1. The molecule has 2 nitrogen and oxygen atoms in total. The molecule has 1 aromatic rings. The Kier molecular flexibility index (Phi) is 4.58. The first-order chi connectivity index (χ1) is 7.03. The maximum atomic E-state index is 9.76. The van der Waals surface area contributed by atoms with Gasteiger partial charge in [0.2, 0.25) is 0 Å². The number of halogens is 1. The third-order valence-electron chi connectivity index (χ3n) is 2.51. The number of rotatable bonds is 5. The minimum Gasteiger partial charge on any atom is -0.389 e. The summed E-state index contributed by atoms with van der Waals surface area (Å²) in [4.78, 5) is 0. The molecule has 84 valence electrons. The average molecular weight is 228 g/mol. The van der Waals surface area contributed by atoms with Crippen molar-refractivity contribution in [2.24, 2.45) is 0 Å². The van der Waals surface area contributed by atoms with E-state index >= 15 is 0 Å². The molecule has 1 atom stereocenters. The van der Waals surface area contributed by atoms with Crippen molar-refractivity contribution >= 4 is 11.6 Å². The molecule has 2 N–H and O–H groups in total. The Balaban J connectivity index is 2.35. The summed E-state index contributed by atoms with van der Waals surface area (Å²) in [6.07, 6.45) is 0.751. The third kappa shape index (κ3) is 4.65. The molecule has 1 rings (SSSR count). The Labute approximate surface area is 96.3 Å². The number of hydrogen-bond acceptors (Lipinski definition) is 2. The van der Waals surface area contributed by atoms with E-state index < -0.39 is 5.60 Å². The molecule has 0 radical (unpaired) electrons. The lowest BCUT2D eigenvalue weighted by atomic mass is 10.0. The van der Waals surface area contributed by atoms with Crippen LogP contribution in [-0.4, -0.2) is 17.3 Å². The highest BCUT2D eigenvalue weighted by atomic mass is 35.5. The van der Waals surface area contributed by atoms with Crippen LogP contribution in [0, 0.1) is 0 Å². The molecule has 0 bridgehead atoms. The highest BCUT2D eigenvalue weighted by Gasteiger charge is 2.15. The Morgan fingerprint density at radius 1 is 1.33 bits per heavy atom. The average Bonchev–Trinajstić information content (AvgIpc) is 2.21. The van der Waals surface area contributed by atoms with Gasteiger partial charge in [-0.3, -0.25) is 0 Å². The first kappa shape index (κ1) is 12.5. The van der Waals surface area contributed by atoms with Crippen LogP contribution in [0.4, 0.5) is 0 Å². The summed E-state index contributed by atoms with van der Waals surface area (Å²) in [6.45, 7) is 5.17. The van der Waals surface area contributed by atoms with Gasteiger partial charge in [-0.2, -0.15) is 0 Å². The van der Waals surface area contributed by atoms with E-state index in [-0.39, 0.29) is 0 Å². The smallest absolute Gasteiger partial charge is 0.0741 e. The van der Waals surface area contributed by atoms with Gasteiger partial charge in [0.15, 0.2) is 0 Å². The maximum Gasteiger partial charge on any atom is 0.0741 e. The standard InChI is InChI=1S/C12H18ClNO/c1-3-12(2,15)9-14-8-10-4-6-11(13)7-5-10/h4-7,14-15H,3,8-9H2,1-2H3/t12-/m1/s1. The van der Waals surface area contributed by atoms with Crippen molar-refractivity contribution in [1.29, 1.82) is 0 Å². The molecule has 1 aromatic carbocycles. The zero-order chi connectivity index (χ0) is 11.3. The van der Waals surface area contributed by atoms with Crippen LogP contribution >= 0.6 is 11.6 Å². The van der Waals surface area contributed by atoms with Crippen LogP contribution in [0.5, 0.6) is 0 Å². The molecule has 0 saturated carbocycles. The Morgan fingerprint density at radius 2 is 1.93 bits per heavy atom. The van der Waals surface area contributed by atoms with Crippen LogP contribution < -0.4 is 5.32 Å². The van der Waals surface area contributed by atoms with Crippen molar-refractivity contribution in [2.45, 2.75) is 32.4 Å². The van der Waals surface area contributed by atoms with Gasteiger partial charge in [0, 0.05) is 18.1 Å². The largest absolute Gasteiger partial charge is 0.389 e. The van der Waals surface area contributed by atoms with Crippen molar-refractivity contribution in [3.63, 3.8) is 0 Å². The summed E-state index contributed by atoms with van der Waals surface area (Å²) >= 11 is 5.78. The van der Waals surface area contributed by atoms with Gasteiger partial charge >= 0.3 is 0 Å². The van der Waals surface area contributed by atoms with Crippen molar-refractivity contribution in [2.75, 3.05) is 6.54 Å². The third-order valence-corrected chi connectivity index (χ3v) is 2.76. The summed E-state index contributed by atoms with van der Waals surface area (Å²) in [6, 6.07) is 7.71. The molecule has 3 heteroatoms. The normalized spacial score (nSPS) is 14.9. The van der Waals surface area contributed by atoms with E-state index in [9.17, 15) is 5.11 Å². The van der Waals surface area contributed by atoms with E-state index in [0.717, 1.165) is 18.0 Å². The Hall–Kier alpha value is -0.570. The van der Waals surface area contributed by atoms with Gasteiger partial charge in [-0.15, -0.1) is 0 Å².